The minimum Gasteiger partial charge on any atom is -0.493 e. The fourth-order valence-electron chi connectivity index (χ4n) is 8.91. The smallest absolute Gasteiger partial charge is 0.260 e. The van der Waals surface area contributed by atoms with E-state index in [9.17, 15) is 19.2 Å². The van der Waals surface area contributed by atoms with Crippen LogP contribution >= 0.6 is 21.6 Å². The van der Waals surface area contributed by atoms with Crippen LogP contribution in [0.25, 0.3) is 11.1 Å². The Bertz CT molecular complexity index is 2820. The van der Waals surface area contributed by atoms with Crippen LogP contribution < -0.4 is 45.1 Å². The second-order valence-electron chi connectivity index (χ2n) is 17.9. The van der Waals surface area contributed by atoms with E-state index >= 15 is 0 Å². The first-order valence-corrected chi connectivity index (χ1v) is 24.9. The molecule has 0 aromatic heterocycles. The zero-order chi connectivity index (χ0) is 47.5. The third kappa shape index (κ3) is 9.97. The summed E-state index contributed by atoms with van der Waals surface area (Å²) in [7, 11) is 6.18. The Hall–Kier alpha value is -6.65. The van der Waals surface area contributed by atoms with E-state index in [-0.39, 0.29) is 48.3 Å². The van der Waals surface area contributed by atoms with Crippen molar-refractivity contribution in [1.29, 1.82) is 0 Å². The second kappa shape index (κ2) is 19.9. The highest BCUT2D eigenvalue weighted by Crippen LogP contribution is 2.45. The number of amides is 4. The van der Waals surface area contributed by atoms with Gasteiger partial charge in [-0.1, -0.05) is 64.9 Å². The lowest BCUT2D eigenvalue weighted by Gasteiger charge is -2.24. The van der Waals surface area contributed by atoms with Gasteiger partial charge in [-0.2, -0.15) is 0 Å². The summed E-state index contributed by atoms with van der Waals surface area (Å²) < 4.78 is 23.9. The fourth-order valence-corrected chi connectivity index (χ4v) is 11.4. The van der Waals surface area contributed by atoms with Gasteiger partial charge in [0, 0.05) is 60.0 Å². The predicted octanol–water partition coefficient (Wildman–Crippen LogP) is 8.80. The summed E-state index contributed by atoms with van der Waals surface area (Å²) in [5, 5.41) is 12.7. The highest BCUT2D eigenvalue weighted by molar-refractivity contribution is 8.77. The number of fused-ring (bicyclic) bond motifs is 4. The number of nitrogens with zero attached hydrogens (tertiary/aromatic N) is 2. The van der Waals surface area contributed by atoms with Crippen molar-refractivity contribution in [3.8, 4) is 34.1 Å². The molecule has 0 aliphatic carbocycles. The molecule has 68 heavy (non-hydrogen) atoms. The van der Waals surface area contributed by atoms with Gasteiger partial charge >= 0.3 is 0 Å². The molecule has 0 spiro atoms. The van der Waals surface area contributed by atoms with E-state index in [1.165, 1.54) is 10.8 Å². The zero-order valence-electron chi connectivity index (χ0n) is 38.6. The average Bonchev–Trinajstić information content (AvgIpc) is 3.65. The third-order valence-electron chi connectivity index (χ3n) is 12.5. The van der Waals surface area contributed by atoms with Gasteiger partial charge in [0.05, 0.1) is 48.0 Å². The minimum atomic E-state index is -0.837. The standard InChI is InChI=1S/C52H54N6O8S2/c1-30-10-13-49(60)55-24-31-11-12-39-35(15-31)18-37(56-29-59)25-53-42-22-47(45(63-4)20-40(39)42)65-27-32-14-33(17-36(16-32)57-51(62)52(2,3)68-67-30)28-66-48-23-43-41(21-46(48)64-5)50(61)58-38(26-54-43)19-34-8-6-7-9-44(34)58/h6-9,11-12,14-17,20-23,25,29-30,37-38,54H,10,13,18-19,24,26-28H2,1-5H3,(H,55,60)(H,56,59)(H,57,62)/t30?,37-,38?/m0/s1. The topological polar surface area (TPSA) is 169 Å². The van der Waals surface area contributed by atoms with Gasteiger partial charge in [0.1, 0.15) is 13.2 Å². The first-order valence-electron chi connectivity index (χ1n) is 22.7. The third-order valence-corrected chi connectivity index (χ3v) is 16.3. The molecule has 14 nitrogen and oxygen atoms in total. The maximum atomic E-state index is 14.1. The van der Waals surface area contributed by atoms with Crippen LogP contribution in [0.5, 0.6) is 23.0 Å². The van der Waals surface area contributed by atoms with Gasteiger partial charge in [0.25, 0.3) is 5.91 Å². The van der Waals surface area contributed by atoms with Gasteiger partial charge in [-0.15, -0.1) is 0 Å². The van der Waals surface area contributed by atoms with E-state index < -0.39 is 4.75 Å². The number of hydrogen-bond acceptors (Lipinski definition) is 12. The first-order chi connectivity index (χ1) is 32.9. The van der Waals surface area contributed by atoms with Crippen molar-refractivity contribution in [3.05, 3.63) is 118 Å². The molecule has 8 bridgehead atoms. The number of rotatable bonds is 7. The van der Waals surface area contributed by atoms with E-state index in [1.807, 2.05) is 85.5 Å². The molecule has 16 heteroatoms. The SMILES string of the molecule is COc1cc2c3cc1OCc1cc(COc4cc5c(cc4OC)C(=O)N4c6ccccc6CC4CN5)cc(c1)NC(=O)C(C)(C)SSC(C)CCC(=O)NCc1ccc-2c(c1)C[C@H](NC=O)C=N3. The van der Waals surface area contributed by atoms with Crippen molar-refractivity contribution >= 4 is 74.7 Å². The zero-order valence-corrected chi connectivity index (χ0v) is 40.2. The maximum Gasteiger partial charge on any atom is 0.260 e. The number of para-hydroxylation sites is 1. The lowest BCUT2D eigenvalue weighted by molar-refractivity contribution is -0.121. The van der Waals surface area contributed by atoms with Crippen LogP contribution in [0, 0.1) is 0 Å². The molecule has 4 amide bonds. The van der Waals surface area contributed by atoms with Gasteiger partial charge in [-0.25, -0.2) is 0 Å². The molecule has 5 aromatic rings. The number of carbonyl (C=O) groups excluding carboxylic acids is 4. The Kier molecular flexibility index (Phi) is 13.6. The van der Waals surface area contributed by atoms with Crippen molar-refractivity contribution in [3.63, 3.8) is 0 Å². The molecule has 352 valence electrons. The molecule has 3 atom stereocenters. The molecule has 7 aliphatic heterocycles. The molecule has 2 unspecified atom stereocenters. The van der Waals surface area contributed by atoms with E-state index in [0.29, 0.717) is 84.4 Å². The number of carbonyl (C=O) groups is 4. The molecule has 0 fully saturated rings. The van der Waals surface area contributed by atoms with Crippen molar-refractivity contribution in [2.24, 2.45) is 4.99 Å². The number of benzene rings is 5. The van der Waals surface area contributed by atoms with Crippen LogP contribution in [0.3, 0.4) is 0 Å². The normalized spacial score (nSPS) is 19.9. The molecule has 0 saturated carbocycles. The lowest BCUT2D eigenvalue weighted by Crippen LogP contribution is -2.39. The number of hydrogen-bond donors (Lipinski definition) is 4. The number of methoxy groups -OCH3 is 2. The summed E-state index contributed by atoms with van der Waals surface area (Å²) in [6.07, 6.45) is 4.61. The van der Waals surface area contributed by atoms with E-state index in [0.717, 1.165) is 51.1 Å². The highest BCUT2D eigenvalue weighted by Gasteiger charge is 2.38. The van der Waals surface area contributed by atoms with Gasteiger partial charge < -0.3 is 45.1 Å². The molecule has 7 heterocycles. The van der Waals surface area contributed by atoms with Crippen molar-refractivity contribution in [1.82, 2.24) is 10.6 Å². The van der Waals surface area contributed by atoms with Gasteiger partial charge in [0.2, 0.25) is 18.2 Å². The summed E-state index contributed by atoms with van der Waals surface area (Å²) >= 11 is 0. The van der Waals surface area contributed by atoms with Crippen molar-refractivity contribution in [2.45, 2.75) is 88.3 Å². The molecule has 0 saturated heterocycles. The maximum absolute atomic E-state index is 14.1. The quantitative estimate of drug-likeness (QED) is 0.0909. The second-order valence-corrected chi connectivity index (χ2v) is 21.1. The van der Waals surface area contributed by atoms with Crippen LogP contribution in [0.1, 0.15) is 71.8 Å². The predicted molar refractivity (Wildman–Crippen MR) is 269 cm³/mol. The summed E-state index contributed by atoms with van der Waals surface area (Å²) in [6.45, 7) is 6.94. The number of nitrogens with one attached hydrogen (secondary N) is 4. The van der Waals surface area contributed by atoms with E-state index in [2.05, 4.69) is 40.3 Å². The average molecular weight is 955 g/mol. The minimum absolute atomic E-state index is 0.0274. The van der Waals surface area contributed by atoms with Crippen LogP contribution in [0.2, 0.25) is 0 Å². The van der Waals surface area contributed by atoms with Crippen molar-refractivity contribution in [2.75, 3.05) is 36.3 Å². The van der Waals surface area contributed by atoms with Gasteiger partial charge in [-0.05, 0) is 103 Å². The van der Waals surface area contributed by atoms with Crippen LogP contribution in [0.15, 0.2) is 89.9 Å². The molecule has 5 aromatic carbocycles. The van der Waals surface area contributed by atoms with Gasteiger partial charge in [0.15, 0.2) is 23.0 Å². The van der Waals surface area contributed by atoms with Gasteiger partial charge in [-0.3, -0.25) is 24.2 Å². The Morgan fingerprint density at radius 2 is 1.71 bits per heavy atom. The molecular weight excluding hydrogens is 901 g/mol. The largest absolute Gasteiger partial charge is 0.493 e. The summed E-state index contributed by atoms with van der Waals surface area (Å²) in [6, 6.07) is 26.7. The summed E-state index contributed by atoms with van der Waals surface area (Å²) in [5.74, 6) is 1.43. The number of ether oxygens (including phenoxy) is 4. The highest BCUT2D eigenvalue weighted by atomic mass is 33.1. The lowest BCUT2D eigenvalue weighted by atomic mass is 9.91. The molecular formula is C52H54N6O8S2. The Morgan fingerprint density at radius 1 is 0.882 bits per heavy atom. The summed E-state index contributed by atoms with van der Waals surface area (Å²) in [4.78, 5) is 59.6. The Balaban J connectivity index is 1.04. The summed E-state index contributed by atoms with van der Waals surface area (Å²) in [5.41, 5.74) is 9.53. The molecule has 0 radical (unpaired) electrons. The number of anilines is 3. The van der Waals surface area contributed by atoms with E-state index in [4.69, 9.17) is 23.9 Å². The number of aliphatic imine (C=N–C) groups is 1. The molecule has 7 aliphatic rings. The molecule has 12 rings (SSSR count). The Morgan fingerprint density at radius 3 is 2.53 bits per heavy atom. The molecule has 4 N–H and O–H groups in total. The monoisotopic (exact) mass is 954 g/mol. The van der Waals surface area contributed by atoms with Crippen LogP contribution in [-0.4, -0.2) is 73.2 Å². The Labute approximate surface area is 403 Å². The fraction of sp³-hybridized carbons (Fsp3) is 0.327. The van der Waals surface area contributed by atoms with Crippen molar-refractivity contribution < 1.29 is 38.1 Å². The van der Waals surface area contributed by atoms with E-state index in [1.54, 1.807) is 37.3 Å². The van der Waals surface area contributed by atoms with Crippen LogP contribution in [-0.2, 0) is 47.0 Å². The van der Waals surface area contributed by atoms with Crippen LogP contribution in [0.4, 0.5) is 22.7 Å². The first kappa shape index (κ1) is 46.5.